The van der Waals surface area contributed by atoms with Crippen molar-refractivity contribution in [2.45, 2.75) is 0 Å². The van der Waals surface area contributed by atoms with Crippen molar-refractivity contribution in [3.05, 3.63) is 0 Å². The first-order valence-corrected chi connectivity index (χ1v) is 2.10. The standard InChI is InChI=1S/Al.Ca.Mg.H2O4S.H2O.7H/c;;;1-5(2,3)4;;;;;;;;/h;;;(H2,1,2,3,4);1H2;;;;;;;. The molecule has 0 aliphatic rings. The minimum absolute atomic E-state index is 0. The summed E-state index contributed by atoms with van der Waals surface area (Å²) in [4.78, 5) is 0. The fourth-order valence-corrected chi connectivity index (χ4v) is 0. The number of rotatable bonds is 0. The van der Waals surface area contributed by atoms with Gasteiger partial charge in [0, 0.05) is 0 Å². The Bertz CT molecular complexity index is 100. The van der Waals surface area contributed by atoms with E-state index in [9.17, 15) is 0 Å². The fraction of sp³-hybridized carbons (Fsp3) is 0. The molecule has 0 atom stereocenters. The van der Waals surface area contributed by atoms with E-state index in [4.69, 9.17) is 17.5 Å². The average Bonchev–Trinajstić information content (AvgIpc) is 0.722. The quantitative estimate of drug-likeness (QED) is 0.313. The van der Waals surface area contributed by atoms with Gasteiger partial charge in [0.15, 0.2) is 17.4 Å². The van der Waals surface area contributed by atoms with E-state index in [1.807, 2.05) is 0 Å². The van der Waals surface area contributed by atoms with E-state index in [0.717, 1.165) is 0 Å². The maximum atomic E-state index is 8.74. The molecule has 4 N–H and O–H groups in total. The van der Waals surface area contributed by atoms with Crippen LogP contribution in [0.2, 0.25) is 0 Å². The molecule has 0 aromatic rings. The Balaban J connectivity index is -0.0000000133. The summed E-state index contributed by atoms with van der Waals surface area (Å²) in [7, 11) is -4.67. The van der Waals surface area contributed by atoms with Crippen molar-refractivity contribution >= 4 is 88.6 Å². The van der Waals surface area contributed by atoms with Gasteiger partial charge < -0.3 is 5.48 Å². The third-order valence-corrected chi connectivity index (χ3v) is 0. The normalized spacial score (nSPS) is 6.44. The zero-order valence-corrected chi connectivity index (χ0v) is 3.44. The molecule has 0 aromatic carbocycles. The molecule has 0 aromatic heterocycles. The second-order valence-corrected chi connectivity index (χ2v) is 1.34. The topological polar surface area (TPSA) is 106 Å². The van der Waals surface area contributed by atoms with Crippen LogP contribution >= 0.6 is 0 Å². The van der Waals surface area contributed by atoms with Crippen LogP contribution in [0, 0.1) is 0 Å². The molecule has 0 amide bonds. The van der Waals surface area contributed by atoms with Crippen molar-refractivity contribution < 1.29 is 23.0 Å². The zero-order valence-electron chi connectivity index (χ0n) is 2.62. The van der Waals surface area contributed by atoms with Crippen LogP contribution in [0.3, 0.4) is 0 Å². The van der Waals surface area contributed by atoms with E-state index in [-0.39, 0.29) is 83.6 Å². The third-order valence-electron chi connectivity index (χ3n) is 0. The fourth-order valence-electron chi connectivity index (χ4n) is 0. The van der Waals surface area contributed by atoms with E-state index >= 15 is 0 Å². The van der Waals surface area contributed by atoms with Gasteiger partial charge in [-0.1, -0.05) is 0 Å². The predicted octanol–water partition coefficient (Wildman–Crippen LogP) is -4.49. The second kappa shape index (κ2) is 13.0. The van der Waals surface area contributed by atoms with Crippen molar-refractivity contribution in [3.8, 4) is 0 Å². The monoisotopic (exact) mass is 214 g/mol. The average molecular weight is 215 g/mol. The Kier molecular flexibility index (Phi) is 43.5. The van der Waals surface area contributed by atoms with Crippen LogP contribution < -0.4 is 0 Å². The molecule has 0 aliphatic heterocycles. The van der Waals surface area contributed by atoms with Crippen molar-refractivity contribution in [2.24, 2.45) is 0 Å². The predicted molar refractivity (Wildman–Crippen MR) is 44.8 cm³/mol. The number of hydrogen-bond acceptors (Lipinski definition) is 2. The third kappa shape index (κ3) is 128. The van der Waals surface area contributed by atoms with Crippen LogP contribution in [0.15, 0.2) is 0 Å². The van der Waals surface area contributed by atoms with Crippen molar-refractivity contribution in [2.75, 3.05) is 0 Å². The van der Waals surface area contributed by atoms with Crippen LogP contribution in [0.4, 0.5) is 0 Å². The van der Waals surface area contributed by atoms with Gasteiger partial charge in [0.1, 0.15) is 0 Å². The summed E-state index contributed by atoms with van der Waals surface area (Å²) in [5.41, 5.74) is 0. The van der Waals surface area contributed by atoms with Crippen molar-refractivity contribution in [3.63, 3.8) is 0 Å². The van der Waals surface area contributed by atoms with Gasteiger partial charge in [-0.3, -0.25) is 9.11 Å². The van der Waals surface area contributed by atoms with Crippen molar-refractivity contribution in [1.82, 2.24) is 0 Å². The van der Waals surface area contributed by atoms with Gasteiger partial charge in [0.25, 0.3) is 0 Å². The van der Waals surface area contributed by atoms with Crippen LogP contribution in [-0.2, 0) is 10.4 Å². The summed E-state index contributed by atoms with van der Waals surface area (Å²) in [6.45, 7) is 0. The molecule has 0 rings (SSSR count). The van der Waals surface area contributed by atoms with E-state index < -0.39 is 10.4 Å². The zero-order chi connectivity index (χ0) is 4.50. The van der Waals surface area contributed by atoms with Gasteiger partial charge in [0.05, 0.1) is 0 Å². The van der Waals surface area contributed by atoms with Crippen LogP contribution in [-0.4, -0.2) is 101 Å². The second-order valence-electron chi connectivity index (χ2n) is 0.448. The largest absolute Gasteiger partial charge is 0.316 e. The smallest absolute Gasteiger partial charge is 0.316 e. The molecule has 54 valence electrons. The summed E-state index contributed by atoms with van der Waals surface area (Å²) < 4.78 is 31.6. The van der Waals surface area contributed by atoms with Crippen LogP contribution in [0.1, 0.15) is 0 Å². The summed E-state index contributed by atoms with van der Waals surface area (Å²) in [6.07, 6.45) is 0. The van der Waals surface area contributed by atoms with Gasteiger partial charge in [0.2, 0.25) is 0 Å². The minimum Gasteiger partial charge on any atom is 0.316 e. The molecule has 0 bridgehead atoms. The molecule has 0 heterocycles. The Labute approximate surface area is 110 Å². The Morgan fingerprint density at radius 1 is 1.11 bits per heavy atom. The first-order valence-electron chi connectivity index (χ1n) is 0.698. The van der Waals surface area contributed by atoms with E-state index in [2.05, 4.69) is 0 Å². The van der Waals surface area contributed by atoms with Crippen molar-refractivity contribution in [1.29, 1.82) is 0 Å². The molecule has 0 aliphatic carbocycles. The van der Waals surface area contributed by atoms with Gasteiger partial charge >= 0.3 is 71.2 Å². The molecule has 9 heavy (non-hydrogen) atoms. The Morgan fingerprint density at radius 2 is 1.11 bits per heavy atom. The summed E-state index contributed by atoms with van der Waals surface area (Å²) >= 11 is 0. The minimum atomic E-state index is -4.67. The molecule has 5 nitrogen and oxygen atoms in total. The molecule has 0 saturated heterocycles. The summed E-state index contributed by atoms with van der Waals surface area (Å²) in [6, 6.07) is 0. The Hall–Kier alpha value is 2.39. The first kappa shape index (κ1) is 30.1. The first-order chi connectivity index (χ1) is 2.00. The molecule has 0 radical (unpaired) electrons. The molecule has 0 fully saturated rings. The molecular weight excluding hydrogens is 203 g/mol. The molecular formula is H11AlCaMgO5S. The molecule has 0 spiro atoms. The van der Waals surface area contributed by atoms with Gasteiger partial charge in [-0.25, -0.2) is 0 Å². The van der Waals surface area contributed by atoms with E-state index in [1.54, 1.807) is 0 Å². The Morgan fingerprint density at radius 3 is 1.11 bits per heavy atom. The maximum Gasteiger partial charge on any atom is 0.316 e. The van der Waals surface area contributed by atoms with E-state index in [0.29, 0.717) is 0 Å². The van der Waals surface area contributed by atoms with Crippen LogP contribution in [0.25, 0.3) is 0 Å². The van der Waals surface area contributed by atoms with Gasteiger partial charge in [-0.15, -0.1) is 0 Å². The van der Waals surface area contributed by atoms with Crippen LogP contribution in [0.5, 0.6) is 0 Å². The molecule has 0 unspecified atom stereocenters. The summed E-state index contributed by atoms with van der Waals surface area (Å²) in [5, 5.41) is 0. The molecule has 0 saturated carbocycles. The van der Waals surface area contributed by atoms with E-state index in [1.165, 1.54) is 0 Å². The van der Waals surface area contributed by atoms with Gasteiger partial charge in [-0.2, -0.15) is 8.42 Å². The SMILES string of the molecule is O.O=S(=O)(O)O.[AlH3].[CaH2].[MgH2]. The number of hydrogen-bond donors (Lipinski definition) is 2. The maximum absolute atomic E-state index is 8.74. The summed E-state index contributed by atoms with van der Waals surface area (Å²) in [5.74, 6) is 0. The van der Waals surface area contributed by atoms with Gasteiger partial charge in [-0.05, 0) is 0 Å². The molecule has 9 heteroatoms.